The number of ether oxygens (including phenoxy) is 1. The van der Waals surface area contributed by atoms with Gasteiger partial charge in [-0.15, -0.1) is 11.8 Å². The van der Waals surface area contributed by atoms with E-state index in [2.05, 4.69) is 4.98 Å². The van der Waals surface area contributed by atoms with Gasteiger partial charge in [-0.25, -0.2) is 9.37 Å². The van der Waals surface area contributed by atoms with Gasteiger partial charge in [-0.1, -0.05) is 41.4 Å². The Labute approximate surface area is 215 Å². The molecule has 0 amide bonds. The summed E-state index contributed by atoms with van der Waals surface area (Å²) in [6.07, 6.45) is 2.20. The summed E-state index contributed by atoms with van der Waals surface area (Å²) in [4.78, 5) is 16.0. The number of halogens is 3. The molecule has 1 heterocycles. The quantitative estimate of drug-likeness (QED) is 0.278. The van der Waals surface area contributed by atoms with Gasteiger partial charge in [-0.2, -0.15) is 0 Å². The van der Waals surface area contributed by atoms with Crippen LogP contribution in [0, 0.1) is 5.82 Å². The van der Waals surface area contributed by atoms with E-state index in [1.54, 1.807) is 42.5 Å². The number of pyridine rings is 1. The van der Waals surface area contributed by atoms with Crippen molar-refractivity contribution in [3.8, 4) is 5.75 Å². The maximum atomic E-state index is 13.0. The molecule has 0 aliphatic carbocycles. The van der Waals surface area contributed by atoms with Crippen LogP contribution >= 0.6 is 35.0 Å². The molecule has 154 valence electrons. The number of nitrogens with zero attached hydrogens (tertiary/aromatic N) is 1. The fourth-order valence-electron chi connectivity index (χ4n) is 2.48. The Morgan fingerprint density at radius 1 is 1.10 bits per heavy atom. The number of carbonyl (C=O) groups is 1. The van der Waals surface area contributed by atoms with Gasteiger partial charge in [0.1, 0.15) is 23.9 Å². The van der Waals surface area contributed by atoms with Gasteiger partial charge < -0.3 is 14.6 Å². The van der Waals surface area contributed by atoms with E-state index in [-0.39, 0.29) is 42.0 Å². The van der Waals surface area contributed by atoms with Crippen LogP contribution in [0.1, 0.15) is 17.0 Å². The average molecular weight is 486 g/mol. The number of hydrogen-bond donors (Lipinski definition) is 0. The number of hydrogen-bond acceptors (Lipinski definition) is 5. The summed E-state index contributed by atoms with van der Waals surface area (Å²) in [5.41, 5.74) is 1.78. The Bertz CT molecular complexity index is 1060. The van der Waals surface area contributed by atoms with Crippen molar-refractivity contribution in [2.24, 2.45) is 0 Å². The summed E-state index contributed by atoms with van der Waals surface area (Å²) in [5, 5.41) is 11.9. The third-order valence-corrected chi connectivity index (χ3v) is 5.93. The van der Waals surface area contributed by atoms with Crippen molar-refractivity contribution in [2.45, 2.75) is 17.3 Å². The first-order valence-electron chi connectivity index (χ1n) is 8.75. The number of carboxylic acids is 1. The Morgan fingerprint density at radius 3 is 2.42 bits per heavy atom. The largest absolute Gasteiger partial charge is 1.00 e. The van der Waals surface area contributed by atoms with Crippen molar-refractivity contribution < 1.29 is 48.6 Å². The molecular weight excluding hydrogens is 471 g/mol. The van der Waals surface area contributed by atoms with E-state index in [0.717, 1.165) is 16.5 Å². The molecule has 0 fully saturated rings. The monoisotopic (exact) mass is 485 g/mol. The van der Waals surface area contributed by atoms with Gasteiger partial charge in [0.25, 0.3) is 0 Å². The summed E-state index contributed by atoms with van der Waals surface area (Å²) in [6, 6.07) is 14.7. The number of aliphatic carboxylic acids is 1. The van der Waals surface area contributed by atoms with Gasteiger partial charge >= 0.3 is 29.6 Å². The van der Waals surface area contributed by atoms with Gasteiger partial charge in [-0.3, -0.25) is 0 Å². The van der Waals surface area contributed by atoms with E-state index >= 15 is 0 Å². The third-order valence-electron chi connectivity index (χ3n) is 3.91. The zero-order valence-electron chi connectivity index (χ0n) is 16.5. The predicted octanol–water partition coefficient (Wildman–Crippen LogP) is 2.17. The summed E-state index contributed by atoms with van der Waals surface area (Å²) in [5.74, 6) is -0.822. The van der Waals surface area contributed by atoms with Crippen LogP contribution in [0.3, 0.4) is 0 Å². The molecule has 0 N–H and O–H groups in total. The molecule has 0 bridgehead atoms. The van der Waals surface area contributed by atoms with Crippen LogP contribution in [0.5, 0.6) is 5.75 Å². The van der Waals surface area contributed by atoms with Crippen LogP contribution in [0.4, 0.5) is 4.39 Å². The standard InChI is InChI=1S/C22H16Cl2FNO3S.Na/c23-17-2-1-3-18(24)22(17)30-13-16-8-10-20(19(26-16)9-11-21(27)28)29-12-14-4-6-15(25)7-5-14;/h1-11H,12-13H2,(H,27,28);/q;+1/p-1/b11-9+;. The predicted molar refractivity (Wildman–Crippen MR) is 115 cm³/mol. The van der Waals surface area contributed by atoms with E-state index in [1.807, 2.05) is 0 Å². The van der Waals surface area contributed by atoms with Gasteiger partial charge in [0.2, 0.25) is 0 Å². The Hall–Kier alpha value is -1.54. The second-order valence-electron chi connectivity index (χ2n) is 6.09. The van der Waals surface area contributed by atoms with Gasteiger partial charge in [0.05, 0.1) is 21.7 Å². The average Bonchev–Trinajstić information content (AvgIpc) is 2.72. The van der Waals surface area contributed by atoms with E-state index in [0.29, 0.717) is 32.9 Å². The Balaban J connectivity index is 0.00000341. The molecule has 0 saturated carbocycles. The van der Waals surface area contributed by atoms with E-state index in [1.165, 1.54) is 30.0 Å². The number of rotatable bonds is 8. The first kappa shape index (κ1) is 25.7. The summed E-state index contributed by atoms with van der Waals surface area (Å²) >= 11 is 13.8. The zero-order valence-corrected chi connectivity index (χ0v) is 20.8. The topological polar surface area (TPSA) is 62.2 Å². The van der Waals surface area contributed by atoms with Gasteiger partial charge in [0, 0.05) is 10.6 Å². The second kappa shape index (κ2) is 12.5. The van der Waals surface area contributed by atoms with Crippen molar-refractivity contribution in [3.63, 3.8) is 0 Å². The molecule has 0 atom stereocenters. The molecule has 0 radical (unpaired) electrons. The zero-order chi connectivity index (χ0) is 21.5. The second-order valence-corrected chi connectivity index (χ2v) is 7.89. The number of aromatic nitrogens is 1. The Morgan fingerprint density at radius 2 is 1.77 bits per heavy atom. The van der Waals surface area contributed by atoms with E-state index < -0.39 is 5.97 Å². The van der Waals surface area contributed by atoms with Crippen molar-refractivity contribution in [2.75, 3.05) is 0 Å². The number of benzene rings is 2. The molecule has 4 nitrogen and oxygen atoms in total. The minimum atomic E-state index is -1.34. The molecule has 0 unspecified atom stereocenters. The molecule has 0 spiro atoms. The summed E-state index contributed by atoms with van der Waals surface area (Å²) < 4.78 is 18.8. The molecule has 0 aliphatic heterocycles. The van der Waals surface area contributed by atoms with Gasteiger partial charge in [0.15, 0.2) is 0 Å². The van der Waals surface area contributed by atoms with Crippen LogP contribution in [0.15, 0.2) is 65.6 Å². The smallest absolute Gasteiger partial charge is 0.545 e. The molecular formula is C22H15Cl2FNNaO3S. The normalized spacial score (nSPS) is 10.7. The van der Waals surface area contributed by atoms with Crippen molar-refractivity contribution in [3.05, 3.63) is 93.5 Å². The van der Waals surface area contributed by atoms with Crippen LogP contribution in [0.25, 0.3) is 6.08 Å². The maximum Gasteiger partial charge on any atom is 1.00 e. The molecule has 1 aromatic heterocycles. The van der Waals surface area contributed by atoms with Gasteiger partial charge in [-0.05, 0) is 54.1 Å². The molecule has 0 aliphatic rings. The van der Waals surface area contributed by atoms with Crippen LogP contribution in [0.2, 0.25) is 10.0 Å². The number of carbonyl (C=O) groups excluding carboxylic acids is 1. The summed E-state index contributed by atoms with van der Waals surface area (Å²) in [7, 11) is 0. The molecule has 0 saturated heterocycles. The molecule has 2 aromatic carbocycles. The minimum absolute atomic E-state index is 0. The number of thioether (sulfide) groups is 1. The SMILES string of the molecule is O=C([O-])/C=C/c1nc(CSc2c(Cl)cccc2Cl)ccc1OCc1ccc(F)cc1.[Na+]. The first-order valence-corrected chi connectivity index (χ1v) is 10.5. The fourth-order valence-corrected chi connectivity index (χ4v) is 4.07. The number of carboxylic acid groups (broad SMARTS) is 1. The molecule has 3 rings (SSSR count). The van der Waals surface area contributed by atoms with Crippen molar-refractivity contribution >= 4 is 47.0 Å². The molecule has 3 aromatic rings. The maximum absolute atomic E-state index is 13.0. The van der Waals surface area contributed by atoms with Crippen LogP contribution in [-0.2, 0) is 17.2 Å². The van der Waals surface area contributed by atoms with E-state index in [4.69, 9.17) is 27.9 Å². The molecule has 31 heavy (non-hydrogen) atoms. The van der Waals surface area contributed by atoms with Crippen LogP contribution < -0.4 is 39.4 Å². The third kappa shape index (κ3) is 7.83. The molecule has 9 heteroatoms. The fraction of sp³-hybridized carbons (Fsp3) is 0.0909. The first-order chi connectivity index (χ1) is 14.4. The van der Waals surface area contributed by atoms with Crippen LogP contribution in [-0.4, -0.2) is 11.0 Å². The summed E-state index contributed by atoms with van der Waals surface area (Å²) in [6.45, 7) is 0.178. The van der Waals surface area contributed by atoms with Crippen molar-refractivity contribution in [1.82, 2.24) is 4.98 Å². The Kier molecular flexibility index (Phi) is 10.4. The van der Waals surface area contributed by atoms with E-state index in [9.17, 15) is 14.3 Å². The van der Waals surface area contributed by atoms with Crippen molar-refractivity contribution in [1.29, 1.82) is 0 Å². The minimum Gasteiger partial charge on any atom is -0.545 e.